The minimum Gasteiger partial charge on any atom is -0.481 e. The molecule has 1 saturated carbocycles. The Balaban J connectivity index is 1.41. The Morgan fingerprint density at radius 1 is 1.10 bits per heavy atom. The van der Waals surface area contributed by atoms with Gasteiger partial charge >= 0.3 is 5.97 Å². The van der Waals surface area contributed by atoms with Gasteiger partial charge < -0.3 is 10.4 Å². The number of rotatable bonds is 9. The number of carbonyl (C=O) groups excluding carboxylic acids is 1. The summed E-state index contributed by atoms with van der Waals surface area (Å²) in [4.78, 5) is 35.4. The first-order chi connectivity index (χ1) is 14.0. The molecule has 1 aromatic carbocycles. The van der Waals surface area contributed by atoms with Crippen molar-refractivity contribution in [3.8, 4) is 0 Å². The SMILES string of the molecule is O=C(O)CCCCCNC(=O)C1CCC(Cn2nnc3ccccc3c2=O)CC1. The molecule has 1 fully saturated rings. The average molecular weight is 400 g/mol. The first-order valence-electron chi connectivity index (χ1n) is 10.4. The molecule has 0 bridgehead atoms. The van der Waals surface area contributed by atoms with Crippen molar-refractivity contribution >= 4 is 22.8 Å². The molecule has 29 heavy (non-hydrogen) atoms. The van der Waals surface area contributed by atoms with Gasteiger partial charge in [0.15, 0.2) is 0 Å². The number of amides is 1. The average Bonchev–Trinajstić information content (AvgIpc) is 2.73. The fraction of sp³-hybridized carbons (Fsp3) is 0.571. The number of hydrogen-bond acceptors (Lipinski definition) is 5. The van der Waals surface area contributed by atoms with Crippen LogP contribution in [0.15, 0.2) is 29.1 Å². The van der Waals surface area contributed by atoms with E-state index in [2.05, 4.69) is 15.6 Å². The molecule has 0 unspecified atom stereocenters. The summed E-state index contributed by atoms with van der Waals surface area (Å²) in [6, 6.07) is 7.21. The van der Waals surface area contributed by atoms with Crippen molar-refractivity contribution in [2.45, 2.75) is 57.9 Å². The number of benzene rings is 1. The van der Waals surface area contributed by atoms with Gasteiger partial charge in [0.05, 0.1) is 5.39 Å². The summed E-state index contributed by atoms with van der Waals surface area (Å²) in [5.74, 6) is -0.347. The fourth-order valence-electron chi connectivity index (χ4n) is 3.93. The maximum absolute atomic E-state index is 12.6. The third kappa shape index (κ3) is 5.85. The minimum absolute atomic E-state index is 0.0182. The molecular weight excluding hydrogens is 372 g/mol. The van der Waals surface area contributed by atoms with Crippen LogP contribution in [0.1, 0.15) is 51.4 Å². The highest BCUT2D eigenvalue weighted by atomic mass is 16.4. The van der Waals surface area contributed by atoms with Gasteiger partial charge in [-0.15, -0.1) is 5.10 Å². The van der Waals surface area contributed by atoms with E-state index < -0.39 is 5.97 Å². The van der Waals surface area contributed by atoms with Crippen LogP contribution in [-0.2, 0) is 16.1 Å². The summed E-state index contributed by atoms with van der Waals surface area (Å²) in [6.45, 7) is 1.13. The summed E-state index contributed by atoms with van der Waals surface area (Å²) in [5, 5.41) is 20.4. The predicted octanol–water partition coefficient (Wildman–Crippen LogP) is 2.36. The number of fused-ring (bicyclic) bond motifs is 1. The largest absolute Gasteiger partial charge is 0.481 e. The summed E-state index contributed by atoms with van der Waals surface area (Å²) in [5.41, 5.74) is 0.496. The molecule has 1 aromatic heterocycles. The number of carbonyl (C=O) groups is 2. The van der Waals surface area contributed by atoms with Crippen LogP contribution >= 0.6 is 0 Å². The number of hydrogen-bond donors (Lipinski definition) is 2. The van der Waals surface area contributed by atoms with Gasteiger partial charge in [-0.2, -0.15) is 0 Å². The minimum atomic E-state index is -0.775. The molecule has 3 rings (SSSR count). The van der Waals surface area contributed by atoms with Crippen LogP contribution in [-0.4, -0.2) is 38.5 Å². The van der Waals surface area contributed by atoms with Gasteiger partial charge in [-0.1, -0.05) is 23.8 Å². The topological polar surface area (TPSA) is 114 Å². The molecule has 156 valence electrons. The molecule has 0 radical (unpaired) electrons. The van der Waals surface area contributed by atoms with Crippen LogP contribution in [0, 0.1) is 11.8 Å². The number of carboxylic acid groups (broad SMARTS) is 1. The summed E-state index contributed by atoms with van der Waals surface area (Å²) >= 11 is 0. The van der Waals surface area contributed by atoms with Gasteiger partial charge in [0, 0.05) is 25.4 Å². The Hall–Kier alpha value is -2.77. The van der Waals surface area contributed by atoms with E-state index in [9.17, 15) is 14.4 Å². The Kier molecular flexibility index (Phi) is 7.32. The first-order valence-corrected chi connectivity index (χ1v) is 10.4. The van der Waals surface area contributed by atoms with Crippen LogP contribution in [0.4, 0.5) is 0 Å². The van der Waals surface area contributed by atoms with Crippen molar-refractivity contribution in [3.05, 3.63) is 34.6 Å². The van der Waals surface area contributed by atoms with Crippen molar-refractivity contribution < 1.29 is 14.7 Å². The van der Waals surface area contributed by atoms with Crippen molar-refractivity contribution in [2.75, 3.05) is 6.54 Å². The maximum atomic E-state index is 12.6. The van der Waals surface area contributed by atoms with Crippen LogP contribution in [0.25, 0.3) is 10.9 Å². The van der Waals surface area contributed by atoms with Crippen LogP contribution < -0.4 is 10.9 Å². The number of aliphatic carboxylic acids is 1. The molecule has 8 heteroatoms. The lowest BCUT2D eigenvalue weighted by molar-refractivity contribution is -0.137. The van der Waals surface area contributed by atoms with Crippen molar-refractivity contribution in [3.63, 3.8) is 0 Å². The molecule has 1 heterocycles. The molecule has 1 aliphatic rings. The van der Waals surface area contributed by atoms with E-state index >= 15 is 0 Å². The van der Waals surface area contributed by atoms with Crippen molar-refractivity contribution in [2.24, 2.45) is 11.8 Å². The zero-order chi connectivity index (χ0) is 20.6. The van der Waals surface area contributed by atoms with E-state index in [0.717, 1.165) is 38.5 Å². The Bertz CT molecular complexity index is 903. The molecule has 0 spiro atoms. The molecule has 0 atom stereocenters. The van der Waals surface area contributed by atoms with E-state index in [1.807, 2.05) is 12.1 Å². The highest BCUT2D eigenvalue weighted by Crippen LogP contribution is 2.29. The van der Waals surface area contributed by atoms with Gasteiger partial charge in [0.25, 0.3) is 5.56 Å². The second kappa shape index (κ2) is 10.1. The summed E-state index contributed by atoms with van der Waals surface area (Å²) in [7, 11) is 0. The second-order valence-corrected chi connectivity index (χ2v) is 7.81. The predicted molar refractivity (Wildman–Crippen MR) is 108 cm³/mol. The highest BCUT2D eigenvalue weighted by molar-refractivity contribution is 5.78. The van der Waals surface area contributed by atoms with Crippen molar-refractivity contribution in [1.82, 2.24) is 20.3 Å². The zero-order valence-corrected chi connectivity index (χ0v) is 16.5. The van der Waals surface area contributed by atoms with Crippen LogP contribution in [0.2, 0.25) is 0 Å². The smallest absolute Gasteiger partial charge is 0.303 e. The molecular formula is C21H28N4O4. The molecule has 0 saturated heterocycles. The van der Waals surface area contributed by atoms with Crippen LogP contribution in [0.5, 0.6) is 0 Å². The number of carboxylic acids is 1. The maximum Gasteiger partial charge on any atom is 0.303 e. The summed E-state index contributed by atoms with van der Waals surface area (Å²) in [6.07, 6.45) is 5.83. The Morgan fingerprint density at radius 2 is 1.86 bits per heavy atom. The molecule has 2 N–H and O–H groups in total. The van der Waals surface area contributed by atoms with E-state index in [0.29, 0.717) is 36.3 Å². The van der Waals surface area contributed by atoms with Gasteiger partial charge in [-0.3, -0.25) is 14.4 Å². The zero-order valence-electron chi connectivity index (χ0n) is 16.5. The normalized spacial score (nSPS) is 19.2. The lowest BCUT2D eigenvalue weighted by Crippen LogP contribution is -2.35. The Morgan fingerprint density at radius 3 is 2.62 bits per heavy atom. The lowest BCUT2D eigenvalue weighted by Gasteiger charge is -2.27. The van der Waals surface area contributed by atoms with E-state index in [4.69, 9.17) is 5.11 Å². The molecule has 2 aromatic rings. The first kappa shape index (κ1) is 21.0. The number of nitrogens with one attached hydrogen (secondary N) is 1. The van der Waals surface area contributed by atoms with E-state index in [1.165, 1.54) is 4.68 Å². The van der Waals surface area contributed by atoms with E-state index in [1.54, 1.807) is 12.1 Å². The Labute approximate surface area is 169 Å². The summed E-state index contributed by atoms with van der Waals surface area (Å²) < 4.78 is 1.45. The number of nitrogens with zero attached hydrogens (tertiary/aromatic N) is 3. The highest BCUT2D eigenvalue weighted by Gasteiger charge is 2.26. The van der Waals surface area contributed by atoms with Gasteiger partial charge in [-0.05, 0) is 56.6 Å². The van der Waals surface area contributed by atoms with Gasteiger partial charge in [-0.25, -0.2) is 4.68 Å². The number of unbranched alkanes of at least 4 members (excludes halogenated alkanes) is 2. The van der Waals surface area contributed by atoms with Gasteiger partial charge in [0.2, 0.25) is 5.91 Å². The molecule has 1 aliphatic carbocycles. The van der Waals surface area contributed by atoms with Crippen LogP contribution in [0.3, 0.4) is 0 Å². The molecule has 8 nitrogen and oxygen atoms in total. The fourth-order valence-corrected chi connectivity index (χ4v) is 3.93. The van der Waals surface area contributed by atoms with Crippen molar-refractivity contribution in [1.29, 1.82) is 0 Å². The van der Waals surface area contributed by atoms with E-state index in [-0.39, 0.29) is 23.8 Å². The quantitative estimate of drug-likeness (QED) is 0.625. The number of aromatic nitrogens is 3. The third-order valence-electron chi connectivity index (χ3n) is 5.64. The third-order valence-corrected chi connectivity index (χ3v) is 5.64. The molecule has 1 amide bonds. The second-order valence-electron chi connectivity index (χ2n) is 7.81. The monoisotopic (exact) mass is 400 g/mol. The molecule has 0 aliphatic heterocycles. The lowest BCUT2D eigenvalue weighted by atomic mass is 9.81. The standard InChI is InChI=1S/C21H28N4O4/c26-19(27)8-2-1-5-13-22-20(28)16-11-9-15(10-12-16)14-25-21(29)17-6-3-4-7-18(17)23-24-25/h3-4,6-7,15-16H,1-2,5,8-14H2,(H,22,28)(H,26,27). The van der Waals surface area contributed by atoms with Gasteiger partial charge in [0.1, 0.15) is 5.52 Å².